The first-order chi connectivity index (χ1) is 11.7. The summed E-state index contributed by atoms with van der Waals surface area (Å²) in [6.07, 6.45) is 6.33. The van der Waals surface area contributed by atoms with Crippen LogP contribution in [-0.4, -0.2) is 22.0 Å². The predicted octanol–water partition coefficient (Wildman–Crippen LogP) is 2.57. The van der Waals surface area contributed by atoms with Gasteiger partial charge < -0.3 is 4.90 Å². The second kappa shape index (κ2) is 7.43. The molecule has 0 unspecified atom stereocenters. The number of rotatable bonds is 5. The third-order valence-corrected chi connectivity index (χ3v) is 4.44. The SMILES string of the molecule is CCCCc1cc(=O)n(CC(=O)N2CCCc3ccccc32)cn1. The summed E-state index contributed by atoms with van der Waals surface area (Å²) >= 11 is 0. The van der Waals surface area contributed by atoms with Crippen LogP contribution < -0.4 is 10.5 Å². The first kappa shape index (κ1) is 16.4. The highest BCUT2D eigenvalue weighted by Gasteiger charge is 2.22. The van der Waals surface area contributed by atoms with E-state index in [2.05, 4.69) is 18.0 Å². The Hall–Kier alpha value is -2.43. The zero-order chi connectivity index (χ0) is 16.9. The molecule has 0 bridgehead atoms. The number of carbonyl (C=O) groups excluding carboxylic acids is 1. The van der Waals surface area contributed by atoms with Gasteiger partial charge in [-0.2, -0.15) is 0 Å². The molecule has 2 heterocycles. The maximum absolute atomic E-state index is 12.7. The number of aromatic nitrogens is 2. The van der Waals surface area contributed by atoms with Gasteiger partial charge in [-0.15, -0.1) is 0 Å². The van der Waals surface area contributed by atoms with Crippen molar-refractivity contribution in [2.45, 2.75) is 45.6 Å². The van der Waals surface area contributed by atoms with Crippen molar-refractivity contribution in [3.8, 4) is 0 Å². The summed E-state index contributed by atoms with van der Waals surface area (Å²) in [6.45, 7) is 2.84. The van der Waals surface area contributed by atoms with Crippen LogP contribution in [0.4, 0.5) is 5.69 Å². The zero-order valence-electron chi connectivity index (χ0n) is 14.1. The van der Waals surface area contributed by atoms with Crippen molar-refractivity contribution in [1.82, 2.24) is 9.55 Å². The first-order valence-corrected chi connectivity index (χ1v) is 8.62. The summed E-state index contributed by atoms with van der Waals surface area (Å²) in [7, 11) is 0. The van der Waals surface area contributed by atoms with Gasteiger partial charge in [0.1, 0.15) is 6.54 Å². The molecular formula is C19H23N3O2. The van der Waals surface area contributed by atoms with Crippen LogP contribution in [0.1, 0.15) is 37.4 Å². The molecule has 0 fully saturated rings. The number of para-hydroxylation sites is 1. The van der Waals surface area contributed by atoms with Gasteiger partial charge in [-0.05, 0) is 37.3 Å². The topological polar surface area (TPSA) is 55.2 Å². The molecular weight excluding hydrogens is 302 g/mol. The van der Waals surface area contributed by atoms with E-state index in [4.69, 9.17) is 0 Å². The van der Waals surface area contributed by atoms with Crippen LogP contribution in [0.15, 0.2) is 41.5 Å². The zero-order valence-corrected chi connectivity index (χ0v) is 14.1. The lowest BCUT2D eigenvalue weighted by Gasteiger charge is -2.29. The Labute approximate surface area is 141 Å². The number of aryl methyl sites for hydroxylation is 2. The van der Waals surface area contributed by atoms with Gasteiger partial charge in [-0.3, -0.25) is 14.2 Å². The number of benzene rings is 1. The molecule has 0 radical (unpaired) electrons. The van der Waals surface area contributed by atoms with Crippen molar-refractivity contribution < 1.29 is 4.79 Å². The summed E-state index contributed by atoms with van der Waals surface area (Å²) < 4.78 is 1.40. The Bertz CT molecular complexity index is 782. The van der Waals surface area contributed by atoms with Gasteiger partial charge in [-0.1, -0.05) is 31.5 Å². The second-order valence-electron chi connectivity index (χ2n) is 6.23. The van der Waals surface area contributed by atoms with Crippen LogP contribution in [0.25, 0.3) is 0 Å². The molecule has 0 atom stereocenters. The maximum atomic E-state index is 12.7. The largest absolute Gasteiger partial charge is 0.311 e. The highest BCUT2D eigenvalue weighted by atomic mass is 16.2. The van der Waals surface area contributed by atoms with E-state index >= 15 is 0 Å². The Balaban J connectivity index is 1.75. The average Bonchev–Trinajstić information content (AvgIpc) is 2.61. The molecule has 0 aliphatic carbocycles. The van der Waals surface area contributed by atoms with E-state index in [1.165, 1.54) is 16.5 Å². The average molecular weight is 325 g/mol. The van der Waals surface area contributed by atoms with E-state index in [1.807, 2.05) is 18.2 Å². The Morgan fingerprint density at radius 2 is 2.12 bits per heavy atom. The van der Waals surface area contributed by atoms with Crippen LogP contribution in [0.2, 0.25) is 0 Å². The van der Waals surface area contributed by atoms with Gasteiger partial charge in [0, 0.05) is 24.0 Å². The lowest BCUT2D eigenvalue weighted by molar-refractivity contribution is -0.119. The molecule has 1 aromatic carbocycles. The van der Waals surface area contributed by atoms with E-state index in [-0.39, 0.29) is 18.0 Å². The molecule has 1 aliphatic rings. The quantitative estimate of drug-likeness (QED) is 0.849. The fraction of sp³-hybridized carbons (Fsp3) is 0.421. The third-order valence-electron chi connectivity index (χ3n) is 4.44. The molecule has 126 valence electrons. The lowest BCUT2D eigenvalue weighted by atomic mass is 10.0. The van der Waals surface area contributed by atoms with Gasteiger partial charge in [0.15, 0.2) is 0 Å². The van der Waals surface area contributed by atoms with Gasteiger partial charge in [-0.25, -0.2) is 4.98 Å². The van der Waals surface area contributed by atoms with E-state index in [0.29, 0.717) is 6.54 Å². The molecule has 5 heteroatoms. The standard InChI is InChI=1S/C19H23N3O2/c1-2-3-9-16-12-18(23)21(14-20-16)13-19(24)22-11-6-8-15-7-4-5-10-17(15)22/h4-5,7,10,12,14H,2-3,6,8-9,11,13H2,1H3. The molecule has 3 rings (SSSR count). The minimum absolute atomic E-state index is 0.0359. The van der Waals surface area contributed by atoms with Gasteiger partial charge in [0.2, 0.25) is 5.91 Å². The highest BCUT2D eigenvalue weighted by Crippen LogP contribution is 2.26. The molecule has 5 nitrogen and oxygen atoms in total. The Morgan fingerprint density at radius 1 is 1.29 bits per heavy atom. The van der Waals surface area contributed by atoms with Crippen LogP contribution in [-0.2, 0) is 24.2 Å². The first-order valence-electron chi connectivity index (χ1n) is 8.62. The summed E-state index contributed by atoms with van der Waals surface area (Å²) in [5.41, 5.74) is 2.80. The molecule has 1 aromatic heterocycles. The lowest BCUT2D eigenvalue weighted by Crippen LogP contribution is -2.39. The molecule has 0 spiro atoms. The summed E-state index contributed by atoms with van der Waals surface area (Å²) in [6, 6.07) is 9.52. The molecule has 0 N–H and O–H groups in total. The fourth-order valence-electron chi connectivity index (χ4n) is 3.10. The van der Waals surface area contributed by atoms with Crippen molar-refractivity contribution in [2.24, 2.45) is 0 Å². The minimum atomic E-state index is -0.158. The number of hydrogen-bond donors (Lipinski definition) is 0. The van der Waals surface area contributed by atoms with Crippen molar-refractivity contribution >= 4 is 11.6 Å². The number of nitrogens with zero attached hydrogens (tertiary/aromatic N) is 3. The maximum Gasteiger partial charge on any atom is 0.253 e. The van der Waals surface area contributed by atoms with Crippen LogP contribution in [0.5, 0.6) is 0 Å². The summed E-state index contributed by atoms with van der Waals surface area (Å²) in [4.78, 5) is 31.0. The molecule has 2 aromatic rings. The summed E-state index contributed by atoms with van der Waals surface area (Å²) in [5.74, 6) is -0.0626. The molecule has 0 saturated heterocycles. The number of fused-ring (bicyclic) bond motifs is 1. The number of carbonyl (C=O) groups is 1. The molecule has 24 heavy (non-hydrogen) atoms. The van der Waals surface area contributed by atoms with Crippen molar-refractivity contribution in [3.05, 3.63) is 58.3 Å². The van der Waals surface area contributed by atoms with Crippen molar-refractivity contribution in [2.75, 3.05) is 11.4 Å². The summed E-state index contributed by atoms with van der Waals surface area (Å²) in [5, 5.41) is 0. The van der Waals surface area contributed by atoms with Crippen LogP contribution >= 0.6 is 0 Å². The van der Waals surface area contributed by atoms with Crippen molar-refractivity contribution in [1.29, 1.82) is 0 Å². The van der Waals surface area contributed by atoms with Crippen molar-refractivity contribution in [3.63, 3.8) is 0 Å². The smallest absolute Gasteiger partial charge is 0.253 e. The predicted molar refractivity (Wildman–Crippen MR) is 94.2 cm³/mol. The normalized spacial score (nSPS) is 13.6. The minimum Gasteiger partial charge on any atom is -0.311 e. The van der Waals surface area contributed by atoms with Gasteiger partial charge in [0.25, 0.3) is 5.56 Å². The number of amides is 1. The molecule has 1 aliphatic heterocycles. The van der Waals surface area contributed by atoms with E-state index in [0.717, 1.165) is 43.5 Å². The number of hydrogen-bond acceptors (Lipinski definition) is 3. The molecule has 1 amide bonds. The highest BCUT2D eigenvalue weighted by molar-refractivity contribution is 5.94. The number of unbranched alkanes of at least 4 members (excludes halogenated alkanes) is 1. The van der Waals surface area contributed by atoms with Gasteiger partial charge >= 0.3 is 0 Å². The van der Waals surface area contributed by atoms with E-state index in [9.17, 15) is 9.59 Å². The third kappa shape index (κ3) is 3.55. The van der Waals surface area contributed by atoms with Crippen LogP contribution in [0, 0.1) is 0 Å². The second-order valence-corrected chi connectivity index (χ2v) is 6.23. The molecule has 0 saturated carbocycles. The number of anilines is 1. The fourth-order valence-corrected chi connectivity index (χ4v) is 3.10. The Morgan fingerprint density at radius 3 is 2.92 bits per heavy atom. The van der Waals surface area contributed by atoms with E-state index < -0.39 is 0 Å². The Kier molecular flexibility index (Phi) is 5.08. The monoisotopic (exact) mass is 325 g/mol. The van der Waals surface area contributed by atoms with Crippen LogP contribution in [0.3, 0.4) is 0 Å². The van der Waals surface area contributed by atoms with Gasteiger partial charge in [0.05, 0.1) is 6.33 Å². The van der Waals surface area contributed by atoms with E-state index in [1.54, 1.807) is 11.0 Å².